The second kappa shape index (κ2) is 8.93. The van der Waals surface area contributed by atoms with E-state index in [0.717, 1.165) is 18.8 Å². The fourth-order valence-corrected chi connectivity index (χ4v) is 4.63. The molecule has 6 nitrogen and oxygen atoms in total. The summed E-state index contributed by atoms with van der Waals surface area (Å²) in [7, 11) is 0. The number of thiophene rings is 1. The number of anilines is 1. The minimum atomic E-state index is -0.138. The van der Waals surface area contributed by atoms with Crippen LogP contribution in [0.15, 0.2) is 48.0 Å². The first-order chi connectivity index (χ1) is 14.5. The largest absolute Gasteiger partial charge is 0.355 e. The molecular formula is C22H21ClN4O2S. The SMILES string of the molecule is Cc1ncccc1C(=O)c1cccc(N2CCCN(C(=O)c3sccc3Cl)CC2)n1. The molecule has 0 aliphatic carbocycles. The zero-order chi connectivity index (χ0) is 21.1. The maximum absolute atomic E-state index is 12.9. The lowest BCUT2D eigenvalue weighted by molar-refractivity contribution is 0.0772. The number of aromatic nitrogens is 2. The number of nitrogens with zero attached hydrogens (tertiary/aromatic N) is 4. The van der Waals surface area contributed by atoms with Crippen molar-refractivity contribution in [2.75, 3.05) is 31.1 Å². The van der Waals surface area contributed by atoms with Crippen molar-refractivity contribution in [3.05, 3.63) is 74.8 Å². The molecule has 0 atom stereocenters. The van der Waals surface area contributed by atoms with E-state index < -0.39 is 0 Å². The van der Waals surface area contributed by atoms with E-state index in [4.69, 9.17) is 11.6 Å². The Labute approximate surface area is 184 Å². The lowest BCUT2D eigenvalue weighted by atomic mass is 10.1. The maximum Gasteiger partial charge on any atom is 0.265 e. The number of hydrogen-bond donors (Lipinski definition) is 0. The fraction of sp³-hybridized carbons (Fsp3) is 0.273. The van der Waals surface area contributed by atoms with Crippen LogP contribution in [0, 0.1) is 6.92 Å². The molecule has 3 aromatic heterocycles. The van der Waals surface area contributed by atoms with Crippen LogP contribution in [0.3, 0.4) is 0 Å². The molecular weight excluding hydrogens is 420 g/mol. The monoisotopic (exact) mass is 440 g/mol. The van der Waals surface area contributed by atoms with Crippen LogP contribution in [0.5, 0.6) is 0 Å². The number of ketones is 1. The lowest BCUT2D eigenvalue weighted by Gasteiger charge is -2.23. The molecule has 4 rings (SSSR count). The number of aryl methyl sites for hydroxylation is 1. The van der Waals surface area contributed by atoms with Gasteiger partial charge in [-0.15, -0.1) is 11.3 Å². The summed E-state index contributed by atoms with van der Waals surface area (Å²) in [6, 6.07) is 10.8. The van der Waals surface area contributed by atoms with Crippen LogP contribution in [-0.2, 0) is 0 Å². The summed E-state index contributed by atoms with van der Waals surface area (Å²) in [5.74, 6) is 0.577. The summed E-state index contributed by atoms with van der Waals surface area (Å²) < 4.78 is 0. The zero-order valence-corrected chi connectivity index (χ0v) is 18.1. The number of pyridine rings is 2. The van der Waals surface area contributed by atoms with Crippen LogP contribution in [0.4, 0.5) is 5.82 Å². The number of rotatable bonds is 4. The van der Waals surface area contributed by atoms with Gasteiger partial charge in [0.15, 0.2) is 0 Å². The number of hydrogen-bond acceptors (Lipinski definition) is 6. The summed E-state index contributed by atoms with van der Waals surface area (Å²) in [5, 5.41) is 2.33. The molecule has 4 heterocycles. The molecule has 0 saturated carbocycles. The van der Waals surface area contributed by atoms with Gasteiger partial charge in [-0.05, 0) is 49.1 Å². The van der Waals surface area contributed by atoms with Gasteiger partial charge in [0.25, 0.3) is 5.91 Å². The standard InChI is InChI=1S/C22H21ClN4O2S/c1-15-16(5-3-9-24-15)20(28)18-6-2-7-19(25-18)26-10-4-11-27(13-12-26)22(29)21-17(23)8-14-30-21/h2-3,5-9,14H,4,10-13H2,1H3. The van der Waals surface area contributed by atoms with Crippen LogP contribution >= 0.6 is 22.9 Å². The van der Waals surface area contributed by atoms with Gasteiger partial charge in [-0.2, -0.15) is 0 Å². The molecule has 0 unspecified atom stereocenters. The summed E-state index contributed by atoms with van der Waals surface area (Å²) in [4.78, 5) is 39.0. The first-order valence-corrected chi connectivity index (χ1v) is 11.0. The van der Waals surface area contributed by atoms with E-state index in [2.05, 4.69) is 14.9 Å². The third-order valence-electron chi connectivity index (χ3n) is 5.14. The first kappa shape index (κ1) is 20.5. The second-order valence-corrected chi connectivity index (χ2v) is 8.40. The Morgan fingerprint density at radius 2 is 1.93 bits per heavy atom. The summed E-state index contributed by atoms with van der Waals surface area (Å²) in [6.07, 6.45) is 2.49. The Kier molecular flexibility index (Phi) is 6.11. The quantitative estimate of drug-likeness (QED) is 0.572. The van der Waals surface area contributed by atoms with Gasteiger partial charge in [-0.3, -0.25) is 14.6 Å². The van der Waals surface area contributed by atoms with Crippen LogP contribution in [0.1, 0.15) is 37.8 Å². The van der Waals surface area contributed by atoms with Gasteiger partial charge in [0, 0.05) is 43.6 Å². The topological polar surface area (TPSA) is 66.4 Å². The van der Waals surface area contributed by atoms with Gasteiger partial charge >= 0.3 is 0 Å². The van der Waals surface area contributed by atoms with Crippen molar-refractivity contribution in [2.24, 2.45) is 0 Å². The second-order valence-electron chi connectivity index (χ2n) is 7.08. The van der Waals surface area contributed by atoms with Gasteiger partial charge in [0.1, 0.15) is 16.4 Å². The van der Waals surface area contributed by atoms with E-state index in [0.29, 0.717) is 46.5 Å². The van der Waals surface area contributed by atoms with Crippen molar-refractivity contribution in [1.29, 1.82) is 0 Å². The van der Waals surface area contributed by atoms with Crippen molar-refractivity contribution in [2.45, 2.75) is 13.3 Å². The van der Waals surface area contributed by atoms with Crippen molar-refractivity contribution in [3.8, 4) is 0 Å². The minimum Gasteiger partial charge on any atom is -0.355 e. The van der Waals surface area contributed by atoms with Gasteiger partial charge in [0.2, 0.25) is 5.78 Å². The molecule has 1 aliphatic rings. The van der Waals surface area contributed by atoms with Gasteiger partial charge in [-0.1, -0.05) is 17.7 Å². The molecule has 30 heavy (non-hydrogen) atoms. The van der Waals surface area contributed by atoms with E-state index in [1.807, 2.05) is 29.3 Å². The fourth-order valence-electron chi connectivity index (χ4n) is 3.53. The summed E-state index contributed by atoms with van der Waals surface area (Å²) in [6.45, 7) is 4.47. The molecule has 3 aromatic rings. The average molecular weight is 441 g/mol. The molecule has 154 valence electrons. The van der Waals surface area contributed by atoms with Crippen LogP contribution in [0.2, 0.25) is 5.02 Å². The number of halogens is 1. The van der Waals surface area contributed by atoms with Crippen LogP contribution < -0.4 is 4.90 Å². The lowest BCUT2D eigenvalue weighted by Crippen LogP contribution is -2.35. The molecule has 0 aromatic carbocycles. The first-order valence-electron chi connectivity index (χ1n) is 9.75. The highest BCUT2D eigenvalue weighted by atomic mass is 35.5. The van der Waals surface area contributed by atoms with Gasteiger partial charge in [0.05, 0.1) is 5.02 Å². The van der Waals surface area contributed by atoms with E-state index in [1.165, 1.54) is 11.3 Å². The van der Waals surface area contributed by atoms with Gasteiger partial charge < -0.3 is 9.80 Å². The highest BCUT2D eigenvalue weighted by Gasteiger charge is 2.24. The van der Waals surface area contributed by atoms with Crippen LogP contribution in [0.25, 0.3) is 0 Å². The third kappa shape index (κ3) is 4.22. The van der Waals surface area contributed by atoms with E-state index in [9.17, 15) is 9.59 Å². The molecule has 1 saturated heterocycles. The molecule has 8 heteroatoms. The van der Waals surface area contributed by atoms with Gasteiger partial charge in [-0.25, -0.2) is 4.98 Å². The van der Waals surface area contributed by atoms with Crippen molar-refractivity contribution < 1.29 is 9.59 Å². The van der Waals surface area contributed by atoms with E-state index in [-0.39, 0.29) is 11.7 Å². The molecule has 1 aliphatic heterocycles. The summed E-state index contributed by atoms with van der Waals surface area (Å²) >= 11 is 7.50. The molecule has 0 bridgehead atoms. The number of carbonyl (C=O) groups excluding carboxylic acids is 2. The molecule has 1 amide bonds. The molecule has 1 fully saturated rings. The maximum atomic E-state index is 12.9. The Morgan fingerprint density at radius 1 is 1.07 bits per heavy atom. The smallest absolute Gasteiger partial charge is 0.265 e. The van der Waals surface area contributed by atoms with E-state index in [1.54, 1.807) is 30.5 Å². The van der Waals surface area contributed by atoms with Crippen LogP contribution in [-0.4, -0.2) is 52.7 Å². The Balaban J connectivity index is 1.49. The molecule has 0 spiro atoms. The van der Waals surface area contributed by atoms with Crippen molar-refractivity contribution >= 4 is 40.4 Å². The van der Waals surface area contributed by atoms with Crippen molar-refractivity contribution in [3.63, 3.8) is 0 Å². The minimum absolute atomic E-state index is 0.0270. The number of carbonyl (C=O) groups is 2. The Morgan fingerprint density at radius 3 is 2.70 bits per heavy atom. The van der Waals surface area contributed by atoms with Crippen molar-refractivity contribution in [1.82, 2.24) is 14.9 Å². The predicted octanol–water partition coefficient (Wildman–Crippen LogP) is 4.08. The number of amides is 1. The Bertz CT molecular complexity index is 1080. The zero-order valence-electron chi connectivity index (χ0n) is 16.5. The predicted molar refractivity (Wildman–Crippen MR) is 119 cm³/mol. The Hall–Kier alpha value is -2.77. The highest BCUT2D eigenvalue weighted by Crippen LogP contribution is 2.25. The highest BCUT2D eigenvalue weighted by molar-refractivity contribution is 7.12. The average Bonchev–Trinajstić information content (AvgIpc) is 3.04. The normalized spacial score (nSPS) is 14.5. The molecule has 0 N–H and O–H groups in total. The third-order valence-corrected chi connectivity index (χ3v) is 6.47. The summed E-state index contributed by atoms with van der Waals surface area (Å²) in [5.41, 5.74) is 1.64. The molecule has 0 radical (unpaired) electrons. The van der Waals surface area contributed by atoms with E-state index >= 15 is 0 Å².